The molecule has 3 amide bonds. The number of allylic oxidation sites excluding steroid dienone is 1. The predicted octanol–water partition coefficient (Wildman–Crippen LogP) is 22.6. The molecule has 8 aromatic rings. The zero-order chi connectivity index (χ0) is 103. The zero-order valence-corrected chi connectivity index (χ0v) is 91.9. The van der Waals surface area contributed by atoms with Crippen molar-refractivity contribution in [3.05, 3.63) is 191 Å². The molecule has 27 heteroatoms. The van der Waals surface area contributed by atoms with Gasteiger partial charge in [-0.05, 0) is 297 Å². The Morgan fingerprint density at radius 3 is 0.903 bits per heavy atom. The molecular formula is C117H191N19O8. The number of unbranched alkanes of at least 4 members (excludes halogenated alkanes) is 5. The third kappa shape index (κ3) is 40.8. The number of para-hydroxylation sites is 3. The van der Waals surface area contributed by atoms with Gasteiger partial charge < -0.3 is 68.2 Å². The number of rotatable bonds is 55. The lowest BCUT2D eigenvalue weighted by molar-refractivity contribution is -0.135. The quantitative estimate of drug-likeness (QED) is 0.0193. The summed E-state index contributed by atoms with van der Waals surface area (Å²) in [5.41, 5.74) is 14.6. The summed E-state index contributed by atoms with van der Waals surface area (Å²) < 4.78 is 22.6. The van der Waals surface area contributed by atoms with E-state index in [2.05, 4.69) is 206 Å². The van der Waals surface area contributed by atoms with E-state index in [1.807, 2.05) is 122 Å². The fraction of sp³-hybridized carbons (Fsp3) is 0.675. The Morgan fingerprint density at radius 1 is 0.354 bits per heavy atom. The van der Waals surface area contributed by atoms with E-state index in [9.17, 15) is 19.5 Å². The number of benzene rings is 3. The van der Waals surface area contributed by atoms with Crippen LogP contribution in [0.25, 0.3) is 0 Å². The number of methoxy groups -OCH3 is 1. The number of nitrogens with one attached hydrogen (secondary N) is 5. The molecule has 5 aliphatic rings. The summed E-state index contributed by atoms with van der Waals surface area (Å²) in [7, 11) is 14.9. The van der Waals surface area contributed by atoms with Gasteiger partial charge in [-0.25, -0.2) is 0 Å². The third-order valence-corrected chi connectivity index (χ3v) is 30.3. The highest BCUT2D eigenvalue weighted by Crippen LogP contribution is 2.43. The van der Waals surface area contributed by atoms with Crippen molar-refractivity contribution in [2.45, 2.75) is 367 Å². The Morgan fingerprint density at radius 2 is 0.625 bits per heavy atom. The second kappa shape index (κ2) is 66.9. The summed E-state index contributed by atoms with van der Waals surface area (Å²) in [6, 6.07) is 30.2. The number of aromatic nitrogens is 10. The van der Waals surface area contributed by atoms with E-state index in [0.717, 1.165) is 211 Å². The number of ether oxygens (including phenoxy) is 4. The van der Waals surface area contributed by atoms with Crippen LogP contribution in [0.4, 0.5) is 0 Å². The first-order valence-electron chi connectivity index (χ1n) is 56.0. The molecule has 5 aliphatic carbocycles. The van der Waals surface area contributed by atoms with E-state index in [4.69, 9.17) is 18.9 Å². The summed E-state index contributed by atoms with van der Waals surface area (Å²) in [5.74, 6) is 7.12. The maximum Gasteiger partial charge on any atom is 0.226 e. The molecule has 144 heavy (non-hydrogen) atoms. The molecule has 0 bridgehead atoms. The van der Waals surface area contributed by atoms with Gasteiger partial charge in [0.1, 0.15) is 23.9 Å². The Bertz CT molecular complexity index is 4550. The van der Waals surface area contributed by atoms with Gasteiger partial charge in [0.05, 0.1) is 69.7 Å². The van der Waals surface area contributed by atoms with Crippen molar-refractivity contribution in [1.29, 1.82) is 0 Å². The lowest BCUT2D eigenvalue weighted by Gasteiger charge is -2.37. The average molecular weight is 1990 g/mol. The average Bonchev–Trinajstić information content (AvgIpc) is 1.65. The van der Waals surface area contributed by atoms with Crippen molar-refractivity contribution in [2.24, 2.45) is 11.8 Å². The number of aliphatic hydroxyl groups is 1. The van der Waals surface area contributed by atoms with Crippen molar-refractivity contribution in [3.63, 3.8) is 0 Å². The predicted molar refractivity (Wildman–Crippen MR) is 585 cm³/mol. The molecule has 6 N–H and O–H groups in total. The van der Waals surface area contributed by atoms with Gasteiger partial charge in [-0.1, -0.05) is 142 Å². The number of amides is 3. The second-order valence-electron chi connectivity index (χ2n) is 42.4. The number of hydrogen-bond donors (Lipinski definition) is 6. The second-order valence-corrected chi connectivity index (χ2v) is 42.4. The zero-order valence-electron chi connectivity index (χ0n) is 91.9. The number of carbonyl (C=O) groups is 3. The molecule has 0 aliphatic heterocycles. The summed E-state index contributed by atoms with van der Waals surface area (Å²) in [6.07, 6.45) is 46.1. The lowest BCUT2D eigenvalue weighted by atomic mass is 9.78. The van der Waals surface area contributed by atoms with E-state index in [1.54, 1.807) is 7.11 Å². The minimum absolute atomic E-state index is 0.0881. The molecule has 0 unspecified atom stereocenters. The van der Waals surface area contributed by atoms with Crippen LogP contribution in [0.1, 0.15) is 366 Å². The van der Waals surface area contributed by atoms with Crippen LogP contribution in [0.5, 0.6) is 17.2 Å². The van der Waals surface area contributed by atoms with Crippen LogP contribution in [0.3, 0.4) is 0 Å². The molecule has 0 atom stereocenters. The SMILES string of the molecule is C=C(C1CCC(c2[nH]ncc2CN(C)CCCC)CC1)N(C)CC(C)C.CCCCN(C)Cc1cn[nH]c1C1CCC(N(CC)C(=O)CCOc2ccccc2)CC1.CCCCN(C)Cc1cn[nH]c1C1CCC(N(CC)C(=O)CCOc2ccccc2)CC1.CCCCN(C)Cc1cn[nH]c1C1CCC(N(CCOc2ccccc2)C(=O)CCCOC)CC1.CCCCN(C)Cc1cn[nH]c1C1CCC(O)CC1. The largest absolute Gasteiger partial charge is 0.493 e. The number of nitrogens with zero attached hydrogens (tertiary/aromatic N) is 14. The van der Waals surface area contributed by atoms with Crippen molar-refractivity contribution in [1.82, 2.24) is 95.1 Å². The molecule has 0 radical (unpaired) electrons. The highest BCUT2D eigenvalue weighted by Gasteiger charge is 2.36. The summed E-state index contributed by atoms with van der Waals surface area (Å²) in [5, 5.41) is 47.7. The van der Waals surface area contributed by atoms with Crippen molar-refractivity contribution in [3.8, 4) is 17.2 Å². The number of H-pyrrole nitrogens is 5. The van der Waals surface area contributed by atoms with Crippen molar-refractivity contribution >= 4 is 17.7 Å². The Hall–Kier alpha value is -9.22. The van der Waals surface area contributed by atoms with Crippen LogP contribution in [-0.4, -0.2) is 277 Å². The first-order chi connectivity index (χ1) is 70.0. The van der Waals surface area contributed by atoms with Gasteiger partial charge in [0.15, 0.2) is 0 Å². The molecule has 27 nitrogen and oxygen atoms in total. The first-order valence-corrected chi connectivity index (χ1v) is 56.0. The summed E-state index contributed by atoms with van der Waals surface area (Å²) in [6.45, 7) is 40.0. The van der Waals surface area contributed by atoms with Gasteiger partial charge in [0.25, 0.3) is 0 Å². The highest BCUT2D eigenvalue weighted by molar-refractivity contribution is 5.77. The molecular weight excluding hydrogens is 1800 g/mol. The summed E-state index contributed by atoms with van der Waals surface area (Å²) >= 11 is 0. The first kappa shape index (κ1) is 118. The van der Waals surface area contributed by atoms with E-state index >= 15 is 0 Å². The van der Waals surface area contributed by atoms with E-state index < -0.39 is 0 Å². The molecule has 5 aromatic heterocycles. The van der Waals surface area contributed by atoms with Gasteiger partial charge in [-0.2, -0.15) is 25.5 Å². The van der Waals surface area contributed by atoms with Crippen molar-refractivity contribution in [2.75, 3.05) is 135 Å². The normalized spacial score (nSPS) is 19.6. The van der Waals surface area contributed by atoms with E-state index in [1.165, 1.54) is 152 Å². The molecule has 0 saturated heterocycles. The third-order valence-electron chi connectivity index (χ3n) is 30.3. The monoisotopic (exact) mass is 1990 g/mol. The maximum atomic E-state index is 13.1. The van der Waals surface area contributed by atoms with Crippen LogP contribution < -0.4 is 14.2 Å². The van der Waals surface area contributed by atoms with Crippen LogP contribution in [-0.2, 0) is 51.8 Å². The Kier molecular flexibility index (Phi) is 55.0. The lowest BCUT2D eigenvalue weighted by Crippen LogP contribution is -2.44. The minimum atomic E-state index is -0.0881. The minimum Gasteiger partial charge on any atom is -0.493 e. The standard InChI is InChI=1S/C28H44N4O3.2C26H40N4O2.C22H40N4.C15H27N3O/c1-4-5-17-31(2)22-24-21-29-30-28(24)23-13-15-25(16-14-23)32(27(33)12-9-19-34-3)18-20-35-26-10-7-6-8-11-26;2*1-4-6-17-29(3)20-22-19-27-28-26(22)21-12-14-23(15-13-21)30(5-2)25(31)16-18-32-24-10-8-7-9-11-24;1-7-8-13-25(5)16-21-14-23-24-22(21)20-11-9-19(10-12-20)18(4)26(6)15-17(2)3;1-3-4-9-18(2)11-13-10-16-17-15(13)12-5-7-14(19)8-6-12/h6-8,10-11,21,23,25H,4-5,9,12-20,22H2,1-3H3,(H,29,30);2*7-11,19,21,23H,4-6,12-18,20H2,1-3H3,(H,27,28);14,17,19-20H,4,7-13,15-16H2,1-3,5-6H3,(H,23,24);10,12,14,19H,3-9,11H2,1-2H3,(H,16,17). The van der Waals surface area contributed by atoms with Crippen molar-refractivity contribution < 1.29 is 38.4 Å². The molecule has 3 aromatic carbocycles. The maximum absolute atomic E-state index is 13.1. The van der Waals surface area contributed by atoms with Gasteiger partial charge in [-0.3, -0.25) is 39.9 Å². The molecule has 5 saturated carbocycles. The summed E-state index contributed by atoms with van der Waals surface area (Å²) in [4.78, 5) is 59.4. The molecule has 5 fully saturated rings. The number of aromatic amines is 5. The fourth-order valence-corrected chi connectivity index (χ4v) is 22.0. The Labute approximate surface area is 867 Å². The van der Waals surface area contributed by atoms with Crippen LogP contribution in [0.15, 0.2) is 134 Å². The van der Waals surface area contributed by atoms with Crippen LogP contribution >= 0.6 is 0 Å². The Balaban J connectivity index is 0.000000203. The number of hydrogen-bond acceptors (Lipinski definition) is 19. The van der Waals surface area contributed by atoms with Crippen LogP contribution in [0.2, 0.25) is 0 Å². The van der Waals surface area contributed by atoms with Gasteiger partial charge in [-0.15, -0.1) is 0 Å². The van der Waals surface area contributed by atoms with Gasteiger partial charge in [0.2, 0.25) is 17.7 Å². The van der Waals surface area contributed by atoms with E-state index in [-0.39, 0.29) is 29.9 Å². The van der Waals surface area contributed by atoms with E-state index in [0.29, 0.717) is 106 Å². The fourth-order valence-electron chi connectivity index (χ4n) is 22.0. The number of carbonyl (C=O) groups excluding carboxylic acids is 3. The van der Waals surface area contributed by atoms with Gasteiger partial charge in [0, 0.05) is 189 Å². The molecule has 0 spiro atoms. The van der Waals surface area contributed by atoms with Crippen LogP contribution in [0, 0.1) is 11.8 Å². The van der Waals surface area contributed by atoms with Gasteiger partial charge >= 0.3 is 0 Å². The number of aliphatic hydroxyl groups excluding tert-OH is 1. The smallest absolute Gasteiger partial charge is 0.226 e. The molecule has 802 valence electrons. The molecule has 5 heterocycles. The topological polar surface area (TPSA) is 281 Å². The molecule has 13 rings (SSSR count). The highest BCUT2D eigenvalue weighted by atomic mass is 16.5.